The van der Waals surface area contributed by atoms with Gasteiger partial charge in [-0.3, -0.25) is 0 Å². The smallest absolute Gasteiger partial charge is 0.354 e. The maximum Gasteiger partial charge on any atom is 0.416 e. The highest BCUT2D eigenvalue weighted by molar-refractivity contribution is 5.75. The Hall–Kier alpha value is -2.61. The van der Waals surface area contributed by atoms with Crippen LogP contribution in [0.2, 0.25) is 0 Å². The molecule has 3 aromatic rings. The van der Waals surface area contributed by atoms with Gasteiger partial charge in [0.2, 0.25) is 0 Å². The third kappa shape index (κ3) is 3.24. The molecular weight excluding hydrogens is 343 g/mol. The molecule has 0 bridgehead atoms. The quantitative estimate of drug-likeness (QED) is 0.761. The number of nitrogens with zero attached hydrogens (tertiary/aromatic N) is 4. The van der Waals surface area contributed by atoms with Gasteiger partial charge >= 0.3 is 6.18 Å². The molecule has 1 N–H and O–H groups in total. The van der Waals surface area contributed by atoms with Crippen molar-refractivity contribution in [2.24, 2.45) is 0 Å². The number of anilines is 1. The van der Waals surface area contributed by atoms with Gasteiger partial charge in [0.25, 0.3) is 0 Å². The number of hydrogen-bond acceptors (Lipinski definition) is 4. The van der Waals surface area contributed by atoms with E-state index in [1.165, 1.54) is 6.07 Å². The molecule has 1 aliphatic rings. The van der Waals surface area contributed by atoms with Gasteiger partial charge in [-0.25, -0.2) is 9.50 Å². The molecule has 0 unspecified atom stereocenters. The van der Waals surface area contributed by atoms with Crippen molar-refractivity contribution >= 4 is 11.3 Å². The zero-order valence-corrected chi connectivity index (χ0v) is 14.0. The molecule has 1 aliphatic heterocycles. The molecule has 1 fully saturated rings. The topological polar surface area (TPSA) is 45.5 Å². The van der Waals surface area contributed by atoms with E-state index in [9.17, 15) is 13.2 Å². The van der Waals surface area contributed by atoms with Crippen LogP contribution in [0.3, 0.4) is 0 Å². The van der Waals surface area contributed by atoms with Crippen LogP contribution >= 0.6 is 0 Å². The lowest BCUT2D eigenvalue weighted by Gasteiger charge is -2.21. The van der Waals surface area contributed by atoms with Crippen molar-refractivity contribution < 1.29 is 13.2 Å². The van der Waals surface area contributed by atoms with Gasteiger partial charge in [-0.05, 0) is 31.2 Å². The average Bonchev–Trinajstić information content (AvgIpc) is 2.88. The van der Waals surface area contributed by atoms with Crippen molar-refractivity contribution in [2.75, 3.05) is 31.1 Å². The van der Waals surface area contributed by atoms with Crippen LogP contribution in [0.15, 0.2) is 42.7 Å². The van der Waals surface area contributed by atoms with Gasteiger partial charge in [0, 0.05) is 37.6 Å². The number of aromatic nitrogens is 3. The largest absolute Gasteiger partial charge is 0.416 e. The molecule has 8 heteroatoms. The second-order valence-electron chi connectivity index (χ2n) is 6.28. The van der Waals surface area contributed by atoms with E-state index in [1.54, 1.807) is 29.0 Å². The van der Waals surface area contributed by atoms with Crippen molar-refractivity contribution in [3.8, 4) is 11.3 Å². The van der Waals surface area contributed by atoms with E-state index in [2.05, 4.69) is 20.3 Å². The highest BCUT2D eigenvalue weighted by atomic mass is 19.4. The lowest BCUT2D eigenvalue weighted by Crippen LogP contribution is -2.29. The van der Waals surface area contributed by atoms with Gasteiger partial charge in [-0.1, -0.05) is 12.1 Å². The predicted molar refractivity (Wildman–Crippen MR) is 93.1 cm³/mol. The Morgan fingerprint density at radius 2 is 1.96 bits per heavy atom. The maximum absolute atomic E-state index is 13.0. The summed E-state index contributed by atoms with van der Waals surface area (Å²) >= 11 is 0. The Labute approximate surface area is 148 Å². The number of fused-ring (bicyclic) bond motifs is 1. The van der Waals surface area contributed by atoms with Crippen LogP contribution in [0.25, 0.3) is 16.8 Å². The fourth-order valence-corrected chi connectivity index (χ4v) is 3.21. The number of rotatable bonds is 2. The zero-order chi connectivity index (χ0) is 18.1. The first-order valence-electron chi connectivity index (χ1n) is 8.50. The summed E-state index contributed by atoms with van der Waals surface area (Å²) in [6.45, 7) is 3.55. The first kappa shape index (κ1) is 16.8. The van der Waals surface area contributed by atoms with Crippen molar-refractivity contribution in [1.29, 1.82) is 0 Å². The fraction of sp³-hybridized carbons (Fsp3) is 0.333. The maximum atomic E-state index is 13.0. The van der Waals surface area contributed by atoms with Gasteiger partial charge < -0.3 is 10.2 Å². The van der Waals surface area contributed by atoms with E-state index >= 15 is 0 Å². The minimum atomic E-state index is -4.37. The molecule has 136 valence electrons. The Morgan fingerprint density at radius 3 is 2.81 bits per heavy atom. The molecule has 0 saturated carbocycles. The Kier molecular flexibility index (Phi) is 4.28. The Bertz CT molecular complexity index is 911. The Balaban J connectivity index is 1.75. The molecule has 26 heavy (non-hydrogen) atoms. The van der Waals surface area contributed by atoms with Crippen molar-refractivity contribution in [1.82, 2.24) is 19.9 Å². The van der Waals surface area contributed by atoms with E-state index in [1.807, 2.05) is 0 Å². The normalized spacial score (nSPS) is 16.0. The molecule has 1 aromatic carbocycles. The molecule has 0 spiro atoms. The molecular formula is C18H18F3N5. The van der Waals surface area contributed by atoms with Crippen molar-refractivity contribution in [3.05, 3.63) is 48.3 Å². The number of nitrogens with one attached hydrogen (secondary N) is 1. The fourth-order valence-electron chi connectivity index (χ4n) is 3.21. The van der Waals surface area contributed by atoms with E-state index in [0.29, 0.717) is 11.3 Å². The number of benzene rings is 1. The van der Waals surface area contributed by atoms with Crippen molar-refractivity contribution in [3.63, 3.8) is 0 Å². The van der Waals surface area contributed by atoms with Crippen LogP contribution < -0.4 is 10.2 Å². The zero-order valence-electron chi connectivity index (χ0n) is 14.0. The summed E-state index contributed by atoms with van der Waals surface area (Å²) in [5, 5.41) is 7.80. The number of alkyl halides is 3. The van der Waals surface area contributed by atoms with Gasteiger partial charge in [0.15, 0.2) is 5.82 Å². The monoisotopic (exact) mass is 361 g/mol. The molecule has 4 rings (SSSR count). The van der Waals surface area contributed by atoms with E-state index in [4.69, 9.17) is 0 Å². The number of hydrogen-bond donors (Lipinski definition) is 1. The van der Waals surface area contributed by atoms with Crippen LogP contribution in [0, 0.1) is 0 Å². The first-order chi connectivity index (χ1) is 12.5. The molecule has 5 nitrogen and oxygen atoms in total. The van der Waals surface area contributed by atoms with Crippen LogP contribution in [0.5, 0.6) is 0 Å². The second kappa shape index (κ2) is 6.60. The van der Waals surface area contributed by atoms with E-state index < -0.39 is 11.7 Å². The third-order valence-corrected chi connectivity index (χ3v) is 4.49. The van der Waals surface area contributed by atoms with E-state index in [0.717, 1.165) is 56.1 Å². The highest BCUT2D eigenvalue weighted by Gasteiger charge is 2.30. The third-order valence-electron chi connectivity index (χ3n) is 4.49. The summed E-state index contributed by atoms with van der Waals surface area (Å²) in [5.74, 6) is 0.807. The molecule has 2 aromatic heterocycles. The minimum absolute atomic E-state index is 0.437. The summed E-state index contributed by atoms with van der Waals surface area (Å²) in [4.78, 5) is 6.68. The Morgan fingerprint density at radius 1 is 1.08 bits per heavy atom. The SMILES string of the molecule is FC(F)(F)c1cccc(-c2cc3c(N4CCCNCC4)nccn3n2)c1. The average molecular weight is 361 g/mol. The van der Waals surface area contributed by atoms with Crippen LogP contribution in [0.1, 0.15) is 12.0 Å². The molecule has 3 heterocycles. The molecule has 0 aliphatic carbocycles. The van der Waals surface area contributed by atoms with E-state index in [-0.39, 0.29) is 0 Å². The minimum Gasteiger partial charge on any atom is -0.354 e. The number of halogens is 3. The highest BCUT2D eigenvalue weighted by Crippen LogP contribution is 2.32. The van der Waals surface area contributed by atoms with Crippen molar-refractivity contribution in [2.45, 2.75) is 12.6 Å². The van der Waals surface area contributed by atoms with Gasteiger partial charge in [0.1, 0.15) is 5.52 Å². The van der Waals surface area contributed by atoms with Gasteiger partial charge in [-0.15, -0.1) is 0 Å². The standard InChI is InChI=1S/C18H18F3N5/c19-18(20,21)14-4-1-3-13(11-14)15-12-16-17(23-7-10-26(16)24-15)25-8-2-5-22-6-9-25/h1,3-4,7,10-12,22H,2,5-6,8-9H2. The molecule has 0 amide bonds. The molecule has 1 saturated heterocycles. The lowest BCUT2D eigenvalue weighted by atomic mass is 10.1. The second-order valence-corrected chi connectivity index (χ2v) is 6.28. The van der Waals surface area contributed by atoms with Crippen LogP contribution in [-0.2, 0) is 6.18 Å². The summed E-state index contributed by atoms with van der Waals surface area (Å²) in [5.41, 5.74) is 1.05. The van der Waals surface area contributed by atoms with Crippen LogP contribution in [-0.4, -0.2) is 40.8 Å². The predicted octanol–water partition coefficient (Wildman–Crippen LogP) is 3.21. The first-order valence-corrected chi connectivity index (χ1v) is 8.50. The van der Waals surface area contributed by atoms with Gasteiger partial charge in [0.05, 0.1) is 11.3 Å². The molecule has 0 atom stereocenters. The summed E-state index contributed by atoms with van der Waals surface area (Å²) in [6, 6.07) is 7.04. The summed E-state index contributed by atoms with van der Waals surface area (Å²) in [7, 11) is 0. The summed E-state index contributed by atoms with van der Waals surface area (Å²) in [6.07, 6.45) is 0.0217. The summed E-state index contributed by atoms with van der Waals surface area (Å²) < 4.78 is 40.6. The van der Waals surface area contributed by atoms with Crippen LogP contribution in [0.4, 0.5) is 19.0 Å². The lowest BCUT2D eigenvalue weighted by molar-refractivity contribution is -0.137. The molecule has 0 radical (unpaired) electrons. The van der Waals surface area contributed by atoms with Gasteiger partial charge in [-0.2, -0.15) is 18.3 Å².